The van der Waals surface area contributed by atoms with Crippen LogP contribution in [0.5, 0.6) is 0 Å². The quantitative estimate of drug-likeness (QED) is 0.712. The van der Waals surface area contributed by atoms with E-state index < -0.39 is 5.60 Å². The molecule has 1 rings (SSSR count). The summed E-state index contributed by atoms with van der Waals surface area (Å²) in [4.78, 5) is 15.2. The number of carbonyl (C=O) groups is 1. The summed E-state index contributed by atoms with van der Waals surface area (Å²) >= 11 is 5.71. The molecule has 1 heterocycles. The Balaban J connectivity index is 2.90. The maximum atomic E-state index is 12.1. The third-order valence-electron chi connectivity index (χ3n) is 3.62. The van der Waals surface area contributed by atoms with Crippen LogP contribution in [0.15, 0.2) is 0 Å². The summed E-state index contributed by atoms with van der Waals surface area (Å²) in [7, 11) is 1.64. The van der Waals surface area contributed by atoms with Crippen molar-refractivity contribution in [3.05, 3.63) is 5.82 Å². The molecule has 0 aliphatic heterocycles. The van der Waals surface area contributed by atoms with Gasteiger partial charge in [-0.15, -0.1) is 21.8 Å². The Morgan fingerprint density at radius 2 is 2.00 bits per heavy atom. The topological polar surface area (TPSA) is 73.1 Å². The number of hydrogen-bond donors (Lipinski definition) is 0. The Bertz CT molecular complexity index is 494. The number of amides is 1. The van der Waals surface area contributed by atoms with Crippen LogP contribution < -0.4 is 0 Å². The number of ether oxygens (including phenoxy) is 1. The van der Waals surface area contributed by atoms with Crippen molar-refractivity contribution in [2.45, 2.75) is 58.7 Å². The molecule has 0 saturated heterocycles. The Morgan fingerprint density at radius 1 is 1.36 bits per heavy atom. The molecule has 7 nitrogen and oxygen atoms in total. The SMILES string of the molecule is CCC(C)(CN(Cc1nnn(C(C)(C)C)n1)C(=O)CCl)OC. The van der Waals surface area contributed by atoms with E-state index in [9.17, 15) is 4.79 Å². The molecule has 8 heteroatoms. The van der Waals surface area contributed by atoms with Crippen LogP contribution >= 0.6 is 11.6 Å². The van der Waals surface area contributed by atoms with Gasteiger partial charge >= 0.3 is 0 Å². The number of tetrazole rings is 1. The first kappa shape index (κ1) is 18.8. The molecule has 1 atom stereocenters. The van der Waals surface area contributed by atoms with E-state index in [0.29, 0.717) is 12.4 Å². The second-order valence-corrected chi connectivity index (χ2v) is 6.82. The van der Waals surface area contributed by atoms with Gasteiger partial charge in [-0.2, -0.15) is 4.80 Å². The van der Waals surface area contributed by atoms with Gasteiger partial charge in [0, 0.05) is 13.7 Å². The summed E-state index contributed by atoms with van der Waals surface area (Å²) in [6, 6.07) is 0. The van der Waals surface area contributed by atoms with E-state index >= 15 is 0 Å². The maximum Gasteiger partial charge on any atom is 0.238 e. The molecular weight excluding hydrogens is 306 g/mol. The van der Waals surface area contributed by atoms with Crippen LogP contribution in [-0.2, 0) is 21.6 Å². The number of nitrogens with zero attached hydrogens (tertiary/aromatic N) is 5. The molecule has 0 spiro atoms. The van der Waals surface area contributed by atoms with Gasteiger partial charge in [0.05, 0.1) is 17.7 Å². The smallest absolute Gasteiger partial charge is 0.238 e. The average Bonchev–Trinajstić information content (AvgIpc) is 2.94. The van der Waals surface area contributed by atoms with E-state index in [0.717, 1.165) is 6.42 Å². The molecule has 22 heavy (non-hydrogen) atoms. The lowest BCUT2D eigenvalue weighted by atomic mass is 10.0. The molecule has 0 aliphatic rings. The largest absolute Gasteiger partial charge is 0.377 e. The zero-order valence-corrected chi connectivity index (χ0v) is 15.0. The molecule has 126 valence electrons. The molecule has 0 aliphatic carbocycles. The Kier molecular flexibility index (Phi) is 6.31. The summed E-state index contributed by atoms with van der Waals surface area (Å²) in [5, 5.41) is 12.4. The van der Waals surface area contributed by atoms with Crippen molar-refractivity contribution in [3.63, 3.8) is 0 Å². The Morgan fingerprint density at radius 3 is 2.41 bits per heavy atom. The standard InChI is InChI=1S/C14H26ClN5O2/c1-7-14(5,22-6)10-19(12(21)8-15)9-11-16-18-20(17-11)13(2,3)4/h7-10H2,1-6H3. The first-order valence-electron chi connectivity index (χ1n) is 7.33. The zero-order chi connectivity index (χ0) is 17.0. The predicted octanol–water partition coefficient (Wildman–Crippen LogP) is 1.81. The lowest BCUT2D eigenvalue weighted by molar-refractivity contribution is -0.133. The van der Waals surface area contributed by atoms with Crippen molar-refractivity contribution < 1.29 is 9.53 Å². The van der Waals surface area contributed by atoms with Crippen molar-refractivity contribution in [1.82, 2.24) is 25.1 Å². The molecule has 0 bridgehead atoms. The van der Waals surface area contributed by atoms with Crippen LogP contribution in [0.4, 0.5) is 0 Å². The van der Waals surface area contributed by atoms with Crippen LogP contribution in [0.1, 0.15) is 46.9 Å². The summed E-state index contributed by atoms with van der Waals surface area (Å²) in [5.74, 6) is 0.227. The van der Waals surface area contributed by atoms with E-state index in [1.807, 2.05) is 34.6 Å². The molecular formula is C14H26ClN5O2. The van der Waals surface area contributed by atoms with Gasteiger partial charge < -0.3 is 9.64 Å². The van der Waals surface area contributed by atoms with Crippen molar-refractivity contribution in [1.29, 1.82) is 0 Å². The highest BCUT2D eigenvalue weighted by molar-refractivity contribution is 6.27. The van der Waals surface area contributed by atoms with Gasteiger partial charge in [0.25, 0.3) is 0 Å². The summed E-state index contributed by atoms with van der Waals surface area (Å²) < 4.78 is 5.51. The fourth-order valence-electron chi connectivity index (χ4n) is 1.80. The van der Waals surface area contributed by atoms with E-state index in [1.54, 1.807) is 16.8 Å². The fraction of sp³-hybridized carbons (Fsp3) is 0.857. The second kappa shape index (κ2) is 7.37. The van der Waals surface area contributed by atoms with E-state index in [4.69, 9.17) is 16.3 Å². The van der Waals surface area contributed by atoms with E-state index in [-0.39, 0.29) is 23.9 Å². The second-order valence-electron chi connectivity index (χ2n) is 6.56. The third-order valence-corrected chi connectivity index (χ3v) is 3.85. The molecule has 1 unspecified atom stereocenters. The molecule has 0 N–H and O–H groups in total. The number of hydrogen-bond acceptors (Lipinski definition) is 5. The molecule has 1 aromatic rings. The molecule has 1 aromatic heterocycles. The van der Waals surface area contributed by atoms with Crippen LogP contribution in [0.3, 0.4) is 0 Å². The van der Waals surface area contributed by atoms with Gasteiger partial charge in [0.2, 0.25) is 5.91 Å². The van der Waals surface area contributed by atoms with Crippen LogP contribution in [0.2, 0.25) is 0 Å². The Hall–Kier alpha value is -1.21. The molecule has 1 amide bonds. The number of alkyl halides is 1. The number of halogens is 1. The van der Waals surface area contributed by atoms with Crippen molar-refractivity contribution in [3.8, 4) is 0 Å². The summed E-state index contributed by atoms with van der Waals surface area (Å²) in [6.45, 7) is 10.6. The van der Waals surface area contributed by atoms with Gasteiger partial charge in [-0.25, -0.2) is 0 Å². The van der Waals surface area contributed by atoms with Crippen LogP contribution in [0.25, 0.3) is 0 Å². The average molecular weight is 332 g/mol. The molecule has 0 radical (unpaired) electrons. The summed E-state index contributed by atoms with van der Waals surface area (Å²) in [6.07, 6.45) is 0.775. The van der Waals surface area contributed by atoms with Crippen molar-refractivity contribution >= 4 is 17.5 Å². The highest BCUT2D eigenvalue weighted by Gasteiger charge is 2.28. The van der Waals surface area contributed by atoms with Gasteiger partial charge in [-0.1, -0.05) is 6.92 Å². The number of carbonyl (C=O) groups excluding carboxylic acids is 1. The number of rotatable bonds is 7. The number of methoxy groups -OCH3 is 1. The van der Waals surface area contributed by atoms with Crippen molar-refractivity contribution in [2.75, 3.05) is 19.5 Å². The highest BCUT2D eigenvalue weighted by Crippen LogP contribution is 2.18. The normalized spacial score (nSPS) is 14.7. The highest BCUT2D eigenvalue weighted by atomic mass is 35.5. The Labute approximate surface area is 136 Å². The number of aromatic nitrogens is 4. The minimum absolute atomic E-state index is 0.0864. The third kappa shape index (κ3) is 4.91. The first-order chi connectivity index (χ1) is 10.1. The molecule has 0 saturated carbocycles. The monoisotopic (exact) mass is 331 g/mol. The van der Waals surface area contributed by atoms with Crippen LogP contribution in [-0.4, -0.2) is 56.1 Å². The zero-order valence-electron chi connectivity index (χ0n) is 14.3. The van der Waals surface area contributed by atoms with Crippen molar-refractivity contribution in [2.24, 2.45) is 0 Å². The van der Waals surface area contributed by atoms with Gasteiger partial charge in [0.15, 0.2) is 5.82 Å². The summed E-state index contributed by atoms with van der Waals surface area (Å²) in [5.41, 5.74) is -0.682. The van der Waals surface area contributed by atoms with E-state index in [2.05, 4.69) is 15.4 Å². The molecule has 0 fully saturated rings. The lowest BCUT2D eigenvalue weighted by Gasteiger charge is -2.33. The molecule has 0 aromatic carbocycles. The fourth-order valence-corrected chi connectivity index (χ4v) is 1.97. The van der Waals surface area contributed by atoms with Gasteiger partial charge in [-0.3, -0.25) is 4.79 Å². The van der Waals surface area contributed by atoms with E-state index in [1.165, 1.54) is 0 Å². The minimum atomic E-state index is -0.429. The lowest BCUT2D eigenvalue weighted by Crippen LogP contribution is -2.45. The minimum Gasteiger partial charge on any atom is -0.377 e. The van der Waals surface area contributed by atoms with Crippen LogP contribution in [0, 0.1) is 0 Å². The van der Waals surface area contributed by atoms with Gasteiger partial charge in [0.1, 0.15) is 5.88 Å². The van der Waals surface area contributed by atoms with Gasteiger partial charge in [-0.05, 0) is 39.3 Å². The first-order valence-corrected chi connectivity index (χ1v) is 7.87. The predicted molar refractivity (Wildman–Crippen MR) is 84.7 cm³/mol. The maximum absolute atomic E-state index is 12.1.